The molecule has 0 unspecified atom stereocenters. The summed E-state index contributed by atoms with van der Waals surface area (Å²) in [5, 5.41) is 3.75. The predicted molar refractivity (Wildman–Crippen MR) is 150 cm³/mol. The average Bonchev–Trinajstić information content (AvgIpc) is 2.70. The normalized spacial score (nSPS) is 14.3. The van der Waals surface area contributed by atoms with E-state index in [1.807, 2.05) is 0 Å². The van der Waals surface area contributed by atoms with Crippen molar-refractivity contribution in [2.24, 2.45) is 5.41 Å². The molecule has 0 saturated heterocycles. The number of hydrogen-bond acceptors (Lipinski definition) is 0. The smallest absolute Gasteiger partial charge is 0.0694 e. The lowest BCUT2D eigenvalue weighted by molar-refractivity contribution is 0.285. The highest BCUT2D eigenvalue weighted by Gasteiger charge is 2.39. The summed E-state index contributed by atoms with van der Waals surface area (Å²) >= 11 is 0. The lowest BCUT2D eigenvalue weighted by Gasteiger charge is -2.40. The lowest BCUT2D eigenvalue weighted by atomic mass is 9.82. The molecule has 3 heteroatoms. The molecule has 0 atom stereocenters. The number of hydrogen-bond donors (Lipinski definition) is 0. The second-order valence-electron chi connectivity index (χ2n) is 13.0. The minimum Gasteiger partial charge on any atom is -0.0694 e. The molecule has 0 amide bonds. The molecule has 0 heterocycles. The average molecular weight is 463 g/mol. The van der Waals surface area contributed by atoms with Gasteiger partial charge < -0.3 is 0 Å². The van der Waals surface area contributed by atoms with Crippen LogP contribution in [0.2, 0.25) is 62.5 Å². The Labute approximate surface area is 193 Å². The summed E-state index contributed by atoms with van der Waals surface area (Å²) in [6.45, 7) is 30.2. The van der Waals surface area contributed by atoms with Gasteiger partial charge in [0.15, 0.2) is 0 Å². The van der Waals surface area contributed by atoms with Crippen LogP contribution in [-0.4, -0.2) is 24.2 Å². The molecule has 0 N–H and O–H groups in total. The summed E-state index contributed by atoms with van der Waals surface area (Å²) in [6, 6.07) is 14.5. The van der Waals surface area contributed by atoms with E-state index in [9.17, 15) is 0 Å². The highest BCUT2D eigenvalue weighted by Crippen LogP contribution is 2.40. The highest BCUT2D eigenvalue weighted by molar-refractivity contribution is 6.93. The summed E-state index contributed by atoms with van der Waals surface area (Å²) in [7, 11) is -3.94. The maximum Gasteiger partial charge on any atom is 0.0861 e. The molecular formula is C27H54Si3. The number of rotatable bonds is 12. The molecule has 0 nitrogen and oxygen atoms in total. The van der Waals surface area contributed by atoms with Crippen LogP contribution in [0, 0.1) is 5.41 Å². The lowest BCUT2D eigenvalue weighted by Crippen LogP contribution is -2.51. The van der Waals surface area contributed by atoms with Crippen molar-refractivity contribution in [1.29, 1.82) is 0 Å². The Morgan fingerprint density at radius 1 is 0.633 bits per heavy atom. The van der Waals surface area contributed by atoms with Gasteiger partial charge in [0.05, 0.1) is 16.1 Å². The number of benzene rings is 1. The highest BCUT2D eigenvalue weighted by atomic mass is 28.3. The molecule has 1 aromatic carbocycles. The van der Waals surface area contributed by atoms with Gasteiger partial charge in [-0.25, -0.2) is 0 Å². The summed E-state index contributed by atoms with van der Waals surface area (Å²) in [5.41, 5.74) is 0.565. The van der Waals surface area contributed by atoms with E-state index in [0.717, 1.165) is 0 Å². The van der Waals surface area contributed by atoms with Crippen LogP contribution < -0.4 is 10.4 Å². The molecule has 30 heavy (non-hydrogen) atoms. The molecule has 1 rings (SSSR count). The van der Waals surface area contributed by atoms with Crippen molar-refractivity contribution in [1.82, 2.24) is 0 Å². The van der Waals surface area contributed by atoms with Crippen molar-refractivity contribution in [3.05, 3.63) is 24.3 Å². The molecule has 0 saturated carbocycles. The third-order valence-corrected chi connectivity index (χ3v) is 22.1. The third kappa shape index (κ3) is 6.93. The Bertz CT molecular complexity index is 649. The Balaban J connectivity index is 2.85. The molecule has 174 valence electrons. The van der Waals surface area contributed by atoms with Crippen LogP contribution in [0.3, 0.4) is 0 Å². The third-order valence-electron chi connectivity index (χ3n) is 9.50. The van der Waals surface area contributed by atoms with Crippen LogP contribution in [0.15, 0.2) is 24.3 Å². The minimum atomic E-state index is -1.45. The molecule has 1 aromatic rings. The van der Waals surface area contributed by atoms with Gasteiger partial charge in [-0.3, -0.25) is 0 Å². The van der Waals surface area contributed by atoms with E-state index in [1.54, 1.807) is 10.4 Å². The van der Waals surface area contributed by atoms with Gasteiger partial charge in [-0.05, 0) is 10.5 Å². The molecule has 0 spiro atoms. The van der Waals surface area contributed by atoms with Gasteiger partial charge in [0, 0.05) is 8.07 Å². The van der Waals surface area contributed by atoms with E-state index in [1.165, 1.54) is 43.8 Å². The Hall–Kier alpha value is -0.129. The summed E-state index contributed by atoms with van der Waals surface area (Å²) in [5.74, 6) is 0. The summed E-state index contributed by atoms with van der Waals surface area (Å²) in [6.07, 6.45) is 5.36. The quantitative estimate of drug-likeness (QED) is 0.273. The minimum absolute atomic E-state index is 0.447. The maximum absolute atomic E-state index is 2.65. The van der Waals surface area contributed by atoms with Crippen molar-refractivity contribution in [3.63, 3.8) is 0 Å². The first-order valence-electron chi connectivity index (χ1n) is 12.7. The van der Waals surface area contributed by atoms with E-state index in [4.69, 9.17) is 0 Å². The molecule has 0 bridgehead atoms. The van der Waals surface area contributed by atoms with Crippen molar-refractivity contribution < 1.29 is 0 Å². The van der Waals surface area contributed by atoms with E-state index < -0.39 is 24.2 Å². The van der Waals surface area contributed by atoms with Crippen molar-refractivity contribution in [2.45, 2.75) is 130 Å². The van der Waals surface area contributed by atoms with Gasteiger partial charge in [0.1, 0.15) is 0 Å². The molecule has 0 aliphatic rings. The van der Waals surface area contributed by atoms with Gasteiger partial charge in [0.2, 0.25) is 0 Å². The van der Waals surface area contributed by atoms with Gasteiger partial charge in [-0.15, -0.1) is 0 Å². The molecule has 0 aliphatic heterocycles. The van der Waals surface area contributed by atoms with Crippen LogP contribution in [-0.2, 0) is 0 Å². The van der Waals surface area contributed by atoms with Crippen LogP contribution in [0.4, 0.5) is 0 Å². The zero-order chi connectivity index (χ0) is 23.4. The monoisotopic (exact) mass is 462 g/mol. The van der Waals surface area contributed by atoms with Crippen molar-refractivity contribution in [2.75, 3.05) is 0 Å². The van der Waals surface area contributed by atoms with Crippen LogP contribution in [0.25, 0.3) is 0 Å². The fraction of sp³-hybridized carbons (Fsp3) is 0.778. The molecule has 0 aliphatic carbocycles. The zero-order valence-electron chi connectivity index (χ0n) is 22.8. The van der Waals surface area contributed by atoms with Gasteiger partial charge in [-0.2, -0.15) is 0 Å². The van der Waals surface area contributed by atoms with Crippen molar-refractivity contribution in [3.8, 4) is 0 Å². The fourth-order valence-corrected chi connectivity index (χ4v) is 15.1. The maximum atomic E-state index is 2.65. The standard InChI is InChI=1S/C27H54Si3/c1-13-26(4,5)30(11,12)25-18-16-24(17-19-25)29(9,10)23-22-28(7,8)21-20-27(6,14-2)15-3/h16-19H,13-15,20-23H2,1-12H3. The first kappa shape index (κ1) is 27.9. The fourth-order valence-electron chi connectivity index (χ4n) is 4.33. The Morgan fingerprint density at radius 3 is 1.53 bits per heavy atom. The molecule has 0 fully saturated rings. The summed E-state index contributed by atoms with van der Waals surface area (Å²) in [4.78, 5) is 0. The van der Waals surface area contributed by atoms with Gasteiger partial charge in [-0.1, -0.05) is 159 Å². The van der Waals surface area contributed by atoms with E-state index in [2.05, 4.69) is 105 Å². The van der Waals surface area contributed by atoms with Crippen LogP contribution >= 0.6 is 0 Å². The largest absolute Gasteiger partial charge is 0.0861 e. The first-order chi connectivity index (χ1) is 13.6. The molecular weight excluding hydrogens is 409 g/mol. The second-order valence-corrected chi connectivity index (χ2v) is 28.4. The van der Waals surface area contributed by atoms with Gasteiger partial charge in [0.25, 0.3) is 0 Å². The summed E-state index contributed by atoms with van der Waals surface area (Å²) < 4.78 is 0. The SMILES string of the molecule is CCC(C)(CC)CC[Si](C)(C)CC[Si](C)(C)c1ccc([Si](C)(C)C(C)(C)CC)cc1. The van der Waals surface area contributed by atoms with E-state index in [0.29, 0.717) is 10.5 Å². The van der Waals surface area contributed by atoms with E-state index in [-0.39, 0.29) is 0 Å². The topological polar surface area (TPSA) is 0 Å². The van der Waals surface area contributed by atoms with Gasteiger partial charge >= 0.3 is 0 Å². The second kappa shape index (κ2) is 10.2. The van der Waals surface area contributed by atoms with Crippen LogP contribution in [0.5, 0.6) is 0 Å². The Morgan fingerprint density at radius 2 is 1.10 bits per heavy atom. The first-order valence-corrected chi connectivity index (χ1v) is 22.3. The predicted octanol–water partition coefficient (Wildman–Crippen LogP) is 8.63. The molecule has 0 radical (unpaired) electrons. The van der Waals surface area contributed by atoms with E-state index >= 15 is 0 Å². The molecule has 0 aromatic heterocycles. The Kier molecular flexibility index (Phi) is 9.50. The zero-order valence-corrected chi connectivity index (χ0v) is 25.8. The van der Waals surface area contributed by atoms with Crippen molar-refractivity contribution >= 4 is 34.6 Å². The van der Waals surface area contributed by atoms with Crippen LogP contribution in [0.1, 0.15) is 67.2 Å².